The zero-order chi connectivity index (χ0) is 8.48. The standard InChI is InChI=1S/C10H21N/c1-4-10(2,3)9(11)7-8-5-6-8/h8-9H,4-7,11H2,1-3H3. The Hall–Kier alpha value is -0.0400. The Bertz CT molecular complexity index is 125. The average molecular weight is 155 g/mol. The lowest BCUT2D eigenvalue weighted by Crippen LogP contribution is -2.37. The van der Waals surface area contributed by atoms with Gasteiger partial charge < -0.3 is 5.73 Å². The van der Waals surface area contributed by atoms with Crippen molar-refractivity contribution in [1.82, 2.24) is 0 Å². The molecule has 66 valence electrons. The Morgan fingerprint density at radius 1 is 1.45 bits per heavy atom. The molecule has 0 saturated heterocycles. The van der Waals surface area contributed by atoms with Gasteiger partial charge in [-0.25, -0.2) is 0 Å². The van der Waals surface area contributed by atoms with Crippen LogP contribution in [0.25, 0.3) is 0 Å². The van der Waals surface area contributed by atoms with Gasteiger partial charge in [0.15, 0.2) is 0 Å². The highest BCUT2D eigenvalue weighted by atomic mass is 14.7. The van der Waals surface area contributed by atoms with Gasteiger partial charge in [0.1, 0.15) is 0 Å². The number of hydrogen-bond donors (Lipinski definition) is 1. The summed E-state index contributed by atoms with van der Waals surface area (Å²) in [5, 5.41) is 0. The van der Waals surface area contributed by atoms with E-state index in [-0.39, 0.29) is 0 Å². The molecule has 11 heavy (non-hydrogen) atoms. The van der Waals surface area contributed by atoms with Crippen LogP contribution >= 0.6 is 0 Å². The average Bonchev–Trinajstić information content (AvgIpc) is 2.72. The van der Waals surface area contributed by atoms with Crippen LogP contribution in [0, 0.1) is 11.3 Å². The van der Waals surface area contributed by atoms with Crippen molar-refractivity contribution < 1.29 is 0 Å². The Kier molecular flexibility index (Phi) is 2.58. The molecule has 0 aliphatic heterocycles. The van der Waals surface area contributed by atoms with Crippen LogP contribution < -0.4 is 5.73 Å². The third-order valence-electron chi connectivity index (χ3n) is 3.20. The van der Waals surface area contributed by atoms with E-state index in [1.807, 2.05) is 0 Å². The highest BCUT2D eigenvalue weighted by molar-refractivity contribution is 4.86. The van der Waals surface area contributed by atoms with E-state index in [0.29, 0.717) is 11.5 Å². The first-order chi connectivity index (χ1) is 5.06. The van der Waals surface area contributed by atoms with Crippen LogP contribution in [0.5, 0.6) is 0 Å². The van der Waals surface area contributed by atoms with E-state index in [9.17, 15) is 0 Å². The van der Waals surface area contributed by atoms with Crippen LogP contribution in [0.2, 0.25) is 0 Å². The van der Waals surface area contributed by atoms with Crippen LogP contribution in [-0.4, -0.2) is 6.04 Å². The van der Waals surface area contributed by atoms with Gasteiger partial charge in [0.05, 0.1) is 0 Å². The molecule has 0 aromatic heterocycles. The third kappa shape index (κ3) is 2.48. The monoisotopic (exact) mass is 155 g/mol. The Labute approximate surface area is 70.4 Å². The van der Waals surface area contributed by atoms with Crippen molar-refractivity contribution in [2.45, 2.75) is 52.5 Å². The van der Waals surface area contributed by atoms with Gasteiger partial charge in [-0.1, -0.05) is 33.6 Å². The minimum Gasteiger partial charge on any atom is -0.327 e. The summed E-state index contributed by atoms with van der Waals surface area (Å²) in [5.41, 5.74) is 6.45. The highest BCUT2D eigenvalue weighted by Gasteiger charge is 2.31. The zero-order valence-electron chi connectivity index (χ0n) is 8.06. The Morgan fingerprint density at radius 3 is 2.36 bits per heavy atom. The van der Waals surface area contributed by atoms with Crippen molar-refractivity contribution in [3.63, 3.8) is 0 Å². The molecule has 1 rings (SSSR count). The maximum Gasteiger partial charge on any atom is 0.00928 e. The first kappa shape index (κ1) is 9.05. The molecule has 0 bridgehead atoms. The minimum atomic E-state index is 0.350. The van der Waals surface area contributed by atoms with E-state index < -0.39 is 0 Å². The molecule has 0 heterocycles. The lowest BCUT2D eigenvalue weighted by molar-refractivity contribution is 0.255. The highest BCUT2D eigenvalue weighted by Crippen LogP contribution is 2.37. The molecular formula is C10H21N. The van der Waals surface area contributed by atoms with Gasteiger partial charge in [-0.2, -0.15) is 0 Å². The molecule has 0 aromatic carbocycles. The minimum absolute atomic E-state index is 0.350. The maximum atomic E-state index is 6.10. The van der Waals surface area contributed by atoms with Crippen molar-refractivity contribution >= 4 is 0 Å². The van der Waals surface area contributed by atoms with E-state index >= 15 is 0 Å². The number of rotatable bonds is 4. The molecule has 0 radical (unpaired) electrons. The summed E-state index contributed by atoms with van der Waals surface area (Å²) in [6.07, 6.45) is 5.29. The number of hydrogen-bond acceptors (Lipinski definition) is 1. The summed E-state index contributed by atoms with van der Waals surface area (Å²) in [5.74, 6) is 0.968. The molecule has 0 spiro atoms. The van der Waals surface area contributed by atoms with E-state index in [4.69, 9.17) is 5.73 Å². The second-order valence-corrected chi connectivity index (χ2v) is 4.63. The van der Waals surface area contributed by atoms with Gasteiger partial charge in [-0.05, 0) is 24.2 Å². The molecule has 1 heteroatoms. The van der Waals surface area contributed by atoms with E-state index in [1.165, 1.54) is 25.7 Å². The van der Waals surface area contributed by atoms with Crippen LogP contribution in [0.15, 0.2) is 0 Å². The molecule has 1 unspecified atom stereocenters. The summed E-state index contributed by atoms with van der Waals surface area (Å²) in [4.78, 5) is 0. The lowest BCUT2D eigenvalue weighted by atomic mass is 9.80. The number of nitrogens with two attached hydrogens (primary N) is 1. The Balaban J connectivity index is 2.31. The van der Waals surface area contributed by atoms with E-state index in [1.54, 1.807) is 0 Å². The SMILES string of the molecule is CCC(C)(C)C(N)CC1CC1. The second kappa shape index (κ2) is 3.14. The molecular weight excluding hydrogens is 134 g/mol. The molecule has 2 N–H and O–H groups in total. The summed E-state index contributed by atoms with van der Waals surface area (Å²) in [6.45, 7) is 6.78. The molecule has 1 nitrogen and oxygen atoms in total. The smallest absolute Gasteiger partial charge is 0.00928 e. The second-order valence-electron chi connectivity index (χ2n) is 4.63. The van der Waals surface area contributed by atoms with Gasteiger partial charge >= 0.3 is 0 Å². The first-order valence-corrected chi connectivity index (χ1v) is 4.82. The predicted molar refractivity (Wildman–Crippen MR) is 49.4 cm³/mol. The van der Waals surface area contributed by atoms with Gasteiger partial charge in [-0.3, -0.25) is 0 Å². The van der Waals surface area contributed by atoms with Crippen LogP contribution in [-0.2, 0) is 0 Å². The quantitative estimate of drug-likeness (QED) is 0.663. The lowest BCUT2D eigenvalue weighted by Gasteiger charge is -2.30. The topological polar surface area (TPSA) is 26.0 Å². The van der Waals surface area contributed by atoms with Crippen molar-refractivity contribution in [3.8, 4) is 0 Å². The summed E-state index contributed by atoms with van der Waals surface area (Å²) in [6, 6.07) is 0.417. The summed E-state index contributed by atoms with van der Waals surface area (Å²) in [7, 11) is 0. The molecule has 0 aromatic rings. The predicted octanol–water partition coefficient (Wildman–Crippen LogP) is 2.55. The fourth-order valence-electron chi connectivity index (χ4n) is 1.29. The van der Waals surface area contributed by atoms with Gasteiger partial charge in [-0.15, -0.1) is 0 Å². The zero-order valence-corrected chi connectivity index (χ0v) is 8.06. The van der Waals surface area contributed by atoms with Crippen molar-refractivity contribution in [2.75, 3.05) is 0 Å². The molecule has 1 fully saturated rings. The van der Waals surface area contributed by atoms with Gasteiger partial charge in [0.2, 0.25) is 0 Å². The van der Waals surface area contributed by atoms with Crippen LogP contribution in [0.1, 0.15) is 46.5 Å². The molecule has 1 atom stereocenters. The molecule has 1 saturated carbocycles. The van der Waals surface area contributed by atoms with Crippen LogP contribution in [0.4, 0.5) is 0 Å². The summed E-state index contributed by atoms with van der Waals surface area (Å²) < 4.78 is 0. The van der Waals surface area contributed by atoms with Crippen molar-refractivity contribution in [1.29, 1.82) is 0 Å². The third-order valence-corrected chi connectivity index (χ3v) is 3.20. The van der Waals surface area contributed by atoms with E-state index in [2.05, 4.69) is 20.8 Å². The molecule has 0 amide bonds. The molecule has 1 aliphatic rings. The van der Waals surface area contributed by atoms with Gasteiger partial charge in [0.25, 0.3) is 0 Å². The van der Waals surface area contributed by atoms with Crippen molar-refractivity contribution in [2.24, 2.45) is 17.1 Å². The maximum absolute atomic E-state index is 6.10. The fourth-order valence-corrected chi connectivity index (χ4v) is 1.29. The molecule has 1 aliphatic carbocycles. The first-order valence-electron chi connectivity index (χ1n) is 4.82. The fraction of sp³-hybridized carbons (Fsp3) is 1.00. The van der Waals surface area contributed by atoms with Crippen molar-refractivity contribution in [3.05, 3.63) is 0 Å². The largest absolute Gasteiger partial charge is 0.327 e. The Morgan fingerprint density at radius 2 is 2.00 bits per heavy atom. The van der Waals surface area contributed by atoms with E-state index in [0.717, 1.165) is 5.92 Å². The normalized spacial score (nSPS) is 21.8. The summed E-state index contributed by atoms with van der Waals surface area (Å²) >= 11 is 0. The van der Waals surface area contributed by atoms with Gasteiger partial charge in [0, 0.05) is 6.04 Å². The van der Waals surface area contributed by atoms with Crippen LogP contribution in [0.3, 0.4) is 0 Å².